The summed E-state index contributed by atoms with van der Waals surface area (Å²) in [4.78, 5) is 17.7. The molecule has 3 aromatic carbocycles. The first-order chi connectivity index (χ1) is 15.6. The van der Waals surface area contributed by atoms with Crippen LogP contribution in [0.2, 0.25) is 10.0 Å². The van der Waals surface area contributed by atoms with Crippen molar-refractivity contribution in [3.05, 3.63) is 107 Å². The SMILES string of the molecule is O=C(Nc1ccc(Cl)cc1Cl)c1cc2nc(-c3ccccc3)cc(-c3ccccc3)n2n1. The van der Waals surface area contributed by atoms with Gasteiger partial charge in [-0.1, -0.05) is 83.9 Å². The Bertz CT molecular complexity index is 1430. The Balaban J connectivity index is 1.61. The fourth-order valence-corrected chi connectivity index (χ4v) is 3.89. The van der Waals surface area contributed by atoms with Gasteiger partial charge in [0, 0.05) is 22.2 Å². The average molecular weight is 459 g/mol. The summed E-state index contributed by atoms with van der Waals surface area (Å²) >= 11 is 12.1. The molecule has 0 unspecified atom stereocenters. The van der Waals surface area contributed by atoms with Crippen LogP contribution in [0.3, 0.4) is 0 Å². The molecule has 32 heavy (non-hydrogen) atoms. The maximum absolute atomic E-state index is 12.9. The van der Waals surface area contributed by atoms with Gasteiger partial charge in [-0.3, -0.25) is 4.79 Å². The summed E-state index contributed by atoms with van der Waals surface area (Å²) in [5.41, 5.74) is 4.82. The summed E-state index contributed by atoms with van der Waals surface area (Å²) in [5.74, 6) is -0.389. The monoisotopic (exact) mass is 458 g/mol. The highest BCUT2D eigenvalue weighted by molar-refractivity contribution is 6.36. The molecule has 0 fully saturated rings. The Hall–Kier alpha value is -3.67. The van der Waals surface area contributed by atoms with Crippen LogP contribution in [0.5, 0.6) is 0 Å². The smallest absolute Gasteiger partial charge is 0.276 e. The van der Waals surface area contributed by atoms with Gasteiger partial charge in [-0.05, 0) is 24.3 Å². The van der Waals surface area contributed by atoms with Crippen LogP contribution in [-0.4, -0.2) is 20.5 Å². The highest BCUT2D eigenvalue weighted by Gasteiger charge is 2.17. The van der Waals surface area contributed by atoms with Gasteiger partial charge in [-0.25, -0.2) is 9.50 Å². The number of benzene rings is 3. The number of nitrogens with zero attached hydrogens (tertiary/aromatic N) is 3. The molecule has 1 amide bonds. The van der Waals surface area contributed by atoms with E-state index in [1.54, 1.807) is 28.8 Å². The van der Waals surface area contributed by atoms with Gasteiger partial charge in [0.2, 0.25) is 0 Å². The molecule has 5 aromatic rings. The summed E-state index contributed by atoms with van der Waals surface area (Å²) in [6.07, 6.45) is 0. The molecule has 0 atom stereocenters. The Kier molecular flexibility index (Phi) is 5.35. The number of aromatic nitrogens is 3. The molecule has 5 rings (SSSR count). The molecule has 0 radical (unpaired) electrons. The first-order valence-corrected chi connectivity index (χ1v) is 10.6. The van der Waals surface area contributed by atoms with E-state index in [1.165, 1.54) is 0 Å². The third-order valence-corrected chi connectivity index (χ3v) is 5.53. The predicted molar refractivity (Wildman–Crippen MR) is 128 cm³/mol. The largest absolute Gasteiger partial charge is 0.319 e. The quantitative estimate of drug-likeness (QED) is 0.329. The molecule has 0 bridgehead atoms. The van der Waals surface area contributed by atoms with Crippen LogP contribution in [0.1, 0.15) is 10.5 Å². The van der Waals surface area contributed by atoms with Crippen LogP contribution < -0.4 is 5.32 Å². The normalized spacial score (nSPS) is 10.9. The second kappa shape index (κ2) is 8.46. The molecule has 0 aliphatic carbocycles. The van der Waals surface area contributed by atoms with E-state index >= 15 is 0 Å². The number of amides is 1. The standard InChI is InChI=1S/C25H16Cl2N4O/c26-18-11-12-20(19(27)13-18)29-25(32)22-15-24-28-21(16-7-3-1-4-8-16)14-23(31(24)30-22)17-9-5-2-6-10-17/h1-15H,(H,29,32). The summed E-state index contributed by atoms with van der Waals surface area (Å²) in [6.45, 7) is 0. The van der Waals surface area contributed by atoms with Crippen LogP contribution in [-0.2, 0) is 0 Å². The van der Waals surface area contributed by atoms with E-state index in [0.717, 1.165) is 22.5 Å². The van der Waals surface area contributed by atoms with Crippen LogP contribution in [0, 0.1) is 0 Å². The number of halogens is 2. The molecule has 0 spiro atoms. The second-order valence-electron chi connectivity index (χ2n) is 7.14. The predicted octanol–water partition coefficient (Wildman–Crippen LogP) is 6.62. The lowest BCUT2D eigenvalue weighted by Crippen LogP contribution is -2.13. The minimum atomic E-state index is -0.389. The number of carbonyl (C=O) groups excluding carboxylic acids is 1. The molecule has 0 aliphatic rings. The molecular weight excluding hydrogens is 443 g/mol. The van der Waals surface area contributed by atoms with Gasteiger partial charge in [-0.2, -0.15) is 5.10 Å². The summed E-state index contributed by atoms with van der Waals surface area (Å²) in [7, 11) is 0. The van der Waals surface area contributed by atoms with Gasteiger partial charge in [0.15, 0.2) is 11.3 Å². The third-order valence-electron chi connectivity index (χ3n) is 4.98. The van der Waals surface area contributed by atoms with Crippen LogP contribution in [0.25, 0.3) is 28.2 Å². The molecule has 7 heteroatoms. The van der Waals surface area contributed by atoms with Gasteiger partial charge >= 0.3 is 0 Å². The van der Waals surface area contributed by atoms with Crippen molar-refractivity contribution in [2.45, 2.75) is 0 Å². The van der Waals surface area contributed by atoms with Crippen molar-refractivity contribution in [2.75, 3.05) is 5.32 Å². The van der Waals surface area contributed by atoms with E-state index in [1.807, 2.05) is 66.7 Å². The summed E-state index contributed by atoms with van der Waals surface area (Å²) < 4.78 is 1.68. The van der Waals surface area contributed by atoms with Crippen molar-refractivity contribution < 1.29 is 4.79 Å². The number of carbonyl (C=O) groups is 1. The zero-order valence-corrected chi connectivity index (χ0v) is 18.2. The van der Waals surface area contributed by atoms with Crippen LogP contribution in [0.4, 0.5) is 5.69 Å². The van der Waals surface area contributed by atoms with E-state index in [4.69, 9.17) is 28.2 Å². The molecule has 1 N–H and O–H groups in total. The first-order valence-electron chi connectivity index (χ1n) is 9.86. The maximum Gasteiger partial charge on any atom is 0.276 e. The number of rotatable bonds is 4. The first kappa shape index (κ1) is 20.2. The zero-order chi connectivity index (χ0) is 22.1. The minimum absolute atomic E-state index is 0.228. The highest BCUT2D eigenvalue weighted by atomic mass is 35.5. The van der Waals surface area contributed by atoms with Gasteiger partial charge in [0.05, 0.1) is 22.1 Å². The molecule has 2 aromatic heterocycles. The van der Waals surface area contributed by atoms with Crippen molar-refractivity contribution in [3.63, 3.8) is 0 Å². The van der Waals surface area contributed by atoms with Crippen LogP contribution >= 0.6 is 23.2 Å². The maximum atomic E-state index is 12.9. The van der Waals surface area contributed by atoms with Gasteiger partial charge in [0.1, 0.15) is 0 Å². The third kappa shape index (κ3) is 3.96. The molecule has 5 nitrogen and oxygen atoms in total. The fraction of sp³-hybridized carbons (Fsp3) is 0. The van der Waals surface area contributed by atoms with Gasteiger partial charge in [0.25, 0.3) is 5.91 Å². The molecule has 0 aliphatic heterocycles. The van der Waals surface area contributed by atoms with Crippen molar-refractivity contribution in [3.8, 4) is 22.5 Å². The Labute approximate surface area is 194 Å². The number of hydrogen-bond acceptors (Lipinski definition) is 3. The lowest BCUT2D eigenvalue weighted by atomic mass is 10.1. The minimum Gasteiger partial charge on any atom is -0.319 e. The van der Waals surface area contributed by atoms with Gasteiger partial charge < -0.3 is 5.32 Å². The fourth-order valence-electron chi connectivity index (χ4n) is 3.43. The summed E-state index contributed by atoms with van der Waals surface area (Å²) in [5, 5.41) is 8.17. The number of anilines is 1. The molecule has 2 heterocycles. The molecular formula is C25H16Cl2N4O. The molecule has 0 saturated carbocycles. The van der Waals surface area contributed by atoms with E-state index in [2.05, 4.69) is 10.4 Å². The number of hydrogen-bond donors (Lipinski definition) is 1. The second-order valence-corrected chi connectivity index (χ2v) is 7.98. The summed E-state index contributed by atoms with van der Waals surface area (Å²) in [6, 6.07) is 28.3. The van der Waals surface area contributed by atoms with Crippen molar-refractivity contribution in [1.29, 1.82) is 0 Å². The highest BCUT2D eigenvalue weighted by Crippen LogP contribution is 2.28. The lowest BCUT2D eigenvalue weighted by molar-refractivity contribution is 0.102. The van der Waals surface area contributed by atoms with E-state index in [-0.39, 0.29) is 11.6 Å². The average Bonchev–Trinajstić information content (AvgIpc) is 3.26. The topological polar surface area (TPSA) is 59.3 Å². The number of nitrogens with one attached hydrogen (secondary N) is 1. The van der Waals surface area contributed by atoms with Gasteiger partial charge in [-0.15, -0.1) is 0 Å². The van der Waals surface area contributed by atoms with Crippen molar-refractivity contribution in [1.82, 2.24) is 14.6 Å². The lowest BCUT2D eigenvalue weighted by Gasteiger charge is -2.08. The zero-order valence-electron chi connectivity index (χ0n) is 16.7. The Morgan fingerprint density at radius 2 is 1.50 bits per heavy atom. The van der Waals surface area contributed by atoms with E-state index in [9.17, 15) is 4.79 Å². The molecule has 0 saturated heterocycles. The van der Waals surface area contributed by atoms with Crippen molar-refractivity contribution >= 4 is 40.4 Å². The van der Waals surface area contributed by atoms with Crippen molar-refractivity contribution in [2.24, 2.45) is 0 Å². The molecule has 156 valence electrons. The Morgan fingerprint density at radius 1 is 0.812 bits per heavy atom. The van der Waals surface area contributed by atoms with Crippen LogP contribution in [0.15, 0.2) is 91.0 Å². The van der Waals surface area contributed by atoms with E-state index in [0.29, 0.717) is 21.4 Å². The van der Waals surface area contributed by atoms with E-state index < -0.39 is 0 Å². The number of fused-ring (bicyclic) bond motifs is 1. The Morgan fingerprint density at radius 3 is 2.19 bits per heavy atom.